The lowest BCUT2D eigenvalue weighted by molar-refractivity contribution is 0.425. The number of hydrogen-bond donors (Lipinski definition) is 1. The highest BCUT2D eigenvalue weighted by Crippen LogP contribution is 2.24. The molecule has 0 fully saturated rings. The van der Waals surface area contributed by atoms with Crippen LogP contribution in [0.25, 0.3) is 0 Å². The van der Waals surface area contributed by atoms with Crippen LogP contribution in [-0.4, -0.2) is 11.0 Å². The first kappa shape index (κ1) is 13.5. The summed E-state index contributed by atoms with van der Waals surface area (Å²) in [4.78, 5) is 4.15. The lowest BCUT2D eigenvalue weighted by Crippen LogP contribution is -2.17. The van der Waals surface area contributed by atoms with Crippen LogP contribution in [0.15, 0.2) is 36.5 Å². The molecule has 2 aromatic rings. The molecule has 0 saturated carbocycles. The third-order valence-corrected chi connectivity index (χ3v) is 2.73. The van der Waals surface area contributed by atoms with E-state index >= 15 is 0 Å². The van der Waals surface area contributed by atoms with Crippen LogP contribution in [0.1, 0.15) is 18.1 Å². The van der Waals surface area contributed by atoms with Gasteiger partial charge in [0.1, 0.15) is 0 Å². The Morgan fingerprint density at radius 3 is 2.74 bits per heavy atom. The molecule has 1 unspecified atom stereocenters. The molecule has 2 N–H and O–H groups in total. The summed E-state index contributed by atoms with van der Waals surface area (Å²) in [7, 11) is 0. The molecule has 4 heteroatoms. The number of benzene rings is 1. The Hall–Kier alpha value is -1.94. The largest absolute Gasteiger partial charge is 0.436 e. The maximum atomic E-state index is 13.8. The van der Waals surface area contributed by atoms with Crippen molar-refractivity contribution in [3.8, 4) is 11.6 Å². The van der Waals surface area contributed by atoms with Crippen LogP contribution in [0.5, 0.6) is 11.6 Å². The average Bonchev–Trinajstić information content (AvgIpc) is 2.37. The monoisotopic (exact) mass is 260 g/mol. The maximum absolute atomic E-state index is 13.8. The van der Waals surface area contributed by atoms with Gasteiger partial charge in [0, 0.05) is 18.3 Å². The Labute approximate surface area is 112 Å². The van der Waals surface area contributed by atoms with Crippen molar-refractivity contribution in [1.82, 2.24) is 4.98 Å². The highest BCUT2D eigenvalue weighted by atomic mass is 19.1. The van der Waals surface area contributed by atoms with E-state index in [9.17, 15) is 4.39 Å². The normalized spacial score (nSPS) is 12.2. The molecule has 0 radical (unpaired) electrons. The van der Waals surface area contributed by atoms with E-state index in [1.54, 1.807) is 37.4 Å². The minimum atomic E-state index is -0.357. The van der Waals surface area contributed by atoms with E-state index in [1.807, 2.05) is 13.0 Å². The number of halogens is 1. The van der Waals surface area contributed by atoms with Crippen molar-refractivity contribution in [2.45, 2.75) is 26.3 Å². The number of ether oxygens (including phenoxy) is 1. The van der Waals surface area contributed by atoms with E-state index in [1.165, 1.54) is 0 Å². The molecule has 1 heterocycles. The van der Waals surface area contributed by atoms with Crippen LogP contribution >= 0.6 is 0 Å². The number of nitrogens with zero attached hydrogens (tertiary/aromatic N) is 1. The van der Waals surface area contributed by atoms with E-state index in [0.717, 1.165) is 12.0 Å². The average molecular weight is 260 g/mol. The standard InChI is InChI=1S/C15H17FN2O/c1-10-4-3-5-13(15(10)16)19-14-7-6-12(9-18-14)8-11(2)17/h3-7,9,11H,8,17H2,1-2H3. The first-order valence-electron chi connectivity index (χ1n) is 6.19. The number of nitrogens with two attached hydrogens (primary N) is 1. The number of rotatable bonds is 4. The smallest absolute Gasteiger partial charge is 0.219 e. The molecule has 1 aromatic carbocycles. The van der Waals surface area contributed by atoms with Crippen LogP contribution in [0.4, 0.5) is 4.39 Å². The third kappa shape index (κ3) is 3.51. The van der Waals surface area contributed by atoms with Crippen molar-refractivity contribution in [3.63, 3.8) is 0 Å². The summed E-state index contributed by atoms with van der Waals surface area (Å²) in [5.41, 5.74) is 7.30. The fourth-order valence-electron chi connectivity index (χ4n) is 1.78. The van der Waals surface area contributed by atoms with E-state index in [2.05, 4.69) is 4.98 Å². The first-order chi connectivity index (χ1) is 9.06. The Balaban J connectivity index is 2.13. The Kier molecular flexibility index (Phi) is 4.12. The zero-order chi connectivity index (χ0) is 13.8. The van der Waals surface area contributed by atoms with Gasteiger partial charge in [0.2, 0.25) is 5.88 Å². The van der Waals surface area contributed by atoms with Crippen molar-refractivity contribution in [2.24, 2.45) is 5.73 Å². The van der Waals surface area contributed by atoms with Gasteiger partial charge in [-0.1, -0.05) is 18.2 Å². The summed E-state index contributed by atoms with van der Waals surface area (Å²) >= 11 is 0. The van der Waals surface area contributed by atoms with Gasteiger partial charge in [-0.2, -0.15) is 0 Å². The highest BCUT2D eigenvalue weighted by molar-refractivity contribution is 5.33. The molecule has 0 aliphatic carbocycles. The van der Waals surface area contributed by atoms with Gasteiger partial charge in [0.25, 0.3) is 0 Å². The predicted octanol–water partition coefficient (Wildman–Crippen LogP) is 3.21. The van der Waals surface area contributed by atoms with Crippen molar-refractivity contribution >= 4 is 0 Å². The Morgan fingerprint density at radius 2 is 2.11 bits per heavy atom. The van der Waals surface area contributed by atoms with Gasteiger partial charge in [-0.3, -0.25) is 0 Å². The second-order valence-corrected chi connectivity index (χ2v) is 4.68. The molecule has 1 atom stereocenters. The van der Waals surface area contributed by atoms with Crippen LogP contribution in [0, 0.1) is 12.7 Å². The topological polar surface area (TPSA) is 48.1 Å². The van der Waals surface area contributed by atoms with Gasteiger partial charge in [0.15, 0.2) is 11.6 Å². The first-order valence-corrected chi connectivity index (χ1v) is 6.19. The number of pyridine rings is 1. The predicted molar refractivity (Wildman–Crippen MR) is 72.8 cm³/mol. The molecular weight excluding hydrogens is 243 g/mol. The molecule has 1 aromatic heterocycles. The van der Waals surface area contributed by atoms with Crippen molar-refractivity contribution in [2.75, 3.05) is 0 Å². The summed E-state index contributed by atoms with van der Waals surface area (Å²) in [5, 5.41) is 0. The van der Waals surface area contributed by atoms with Crippen LogP contribution in [-0.2, 0) is 6.42 Å². The van der Waals surface area contributed by atoms with Gasteiger partial charge < -0.3 is 10.5 Å². The molecule has 19 heavy (non-hydrogen) atoms. The van der Waals surface area contributed by atoms with Crippen molar-refractivity contribution in [3.05, 3.63) is 53.5 Å². The molecule has 0 aliphatic rings. The van der Waals surface area contributed by atoms with Gasteiger partial charge in [-0.15, -0.1) is 0 Å². The van der Waals surface area contributed by atoms with Crippen LogP contribution < -0.4 is 10.5 Å². The van der Waals surface area contributed by atoms with Crippen molar-refractivity contribution < 1.29 is 9.13 Å². The number of aryl methyl sites for hydroxylation is 1. The van der Waals surface area contributed by atoms with Crippen LogP contribution in [0.2, 0.25) is 0 Å². The molecule has 0 saturated heterocycles. The quantitative estimate of drug-likeness (QED) is 0.918. The summed E-state index contributed by atoms with van der Waals surface area (Å²) < 4.78 is 19.2. The van der Waals surface area contributed by atoms with Gasteiger partial charge >= 0.3 is 0 Å². The number of hydrogen-bond acceptors (Lipinski definition) is 3. The van der Waals surface area contributed by atoms with Gasteiger partial charge in [-0.05, 0) is 37.5 Å². The second-order valence-electron chi connectivity index (χ2n) is 4.68. The van der Waals surface area contributed by atoms with E-state index in [-0.39, 0.29) is 17.6 Å². The Morgan fingerprint density at radius 1 is 1.32 bits per heavy atom. The minimum absolute atomic E-state index is 0.0859. The van der Waals surface area contributed by atoms with E-state index in [0.29, 0.717) is 11.4 Å². The summed E-state index contributed by atoms with van der Waals surface area (Å²) in [6.07, 6.45) is 2.46. The second kappa shape index (κ2) is 5.80. The molecule has 0 amide bonds. The zero-order valence-electron chi connectivity index (χ0n) is 11.1. The minimum Gasteiger partial charge on any atom is -0.436 e. The van der Waals surface area contributed by atoms with Crippen molar-refractivity contribution in [1.29, 1.82) is 0 Å². The molecule has 0 spiro atoms. The number of aromatic nitrogens is 1. The highest BCUT2D eigenvalue weighted by Gasteiger charge is 2.07. The third-order valence-electron chi connectivity index (χ3n) is 2.73. The molecule has 2 rings (SSSR count). The van der Waals surface area contributed by atoms with E-state index in [4.69, 9.17) is 10.5 Å². The summed E-state index contributed by atoms with van der Waals surface area (Å²) in [5.74, 6) is 0.203. The fraction of sp³-hybridized carbons (Fsp3) is 0.267. The lowest BCUT2D eigenvalue weighted by atomic mass is 10.1. The molecular formula is C15H17FN2O. The van der Waals surface area contributed by atoms with Crippen LogP contribution in [0.3, 0.4) is 0 Å². The maximum Gasteiger partial charge on any atom is 0.219 e. The molecule has 0 aliphatic heterocycles. The van der Waals surface area contributed by atoms with E-state index < -0.39 is 0 Å². The molecule has 100 valence electrons. The Bertz CT molecular complexity index is 553. The summed E-state index contributed by atoms with van der Waals surface area (Å²) in [6.45, 7) is 3.63. The van der Waals surface area contributed by atoms with Gasteiger partial charge in [-0.25, -0.2) is 9.37 Å². The SMILES string of the molecule is Cc1cccc(Oc2ccc(CC(C)N)cn2)c1F. The molecule has 0 bridgehead atoms. The lowest BCUT2D eigenvalue weighted by Gasteiger charge is -2.08. The summed E-state index contributed by atoms with van der Waals surface area (Å²) in [6, 6.07) is 8.72. The zero-order valence-corrected chi connectivity index (χ0v) is 11.1. The fourth-order valence-corrected chi connectivity index (χ4v) is 1.78. The van der Waals surface area contributed by atoms with Gasteiger partial charge in [0.05, 0.1) is 0 Å². The molecule has 3 nitrogen and oxygen atoms in total.